The molecule has 5 nitrogen and oxygen atoms in total. The molecule has 2 amide bonds. The second-order valence-corrected chi connectivity index (χ2v) is 6.54. The van der Waals surface area contributed by atoms with Crippen LogP contribution in [-0.4, -0.2) is 16.8 Å². The van der Waals surface area contributed by atoms with Crippen LogP contribution in [0.3, 0.4) is 0 Å². The lowest BCUT2D eigenvalue weighted by Crippen LogP contribution is -2.30. The van der Waals surface area contributed by atoms with E-state index >= 15 is 0 Å². The quantitative estimate of drug-likeness (QED) is 0.676. The number of thiophene rings is 1. The summed E-state index contributed by atoms with van der Waals surface area (Å²) in [5.41, 5.74) is 1.70. The number of pyridine rings is 1. The molecule has 2 aromatic heterocycles. The highest BCUT2D eigenvalue weighted by atomic mass is 32.1. The molecule has 0 saturated heterocycles. The fourth-order valence-corrected chi connectivity index (χ4v) is 2.85. The Morgan fingerprint density at radius 2 is 1.85 bits per heavy atom. The predicted molar refractivity (Wildman–Crippen MR) is 104 cm³/mol. The van der Waals surface area contributed by atoms with Gasteiger partial charge in [0.05, 0.1) is 0 Å². The molecule has 0 fully saturated rings. The Hall–Kier alpha value is -3.25. The zero-order valence-electron chi connectivity index (χ0n) is 14.1. The molecule has 0 atom stereocenters. The summed E-state index contributed by atoms with van der Waals surface area (Å²) in [6, 6.07) is 16.1. The minimum Gasteiger partial charge on any atom is -0.317 e. The lowest BCUT2D eigenvalue weighted by Gasteiger charge is -2.10. The maximum Gasteiger partial charge on any atom is 0.273 e. The SMILES string of the molecule is Cc1ccc(C(=O)N/C(=C/c2cccs2)C(=O)Nc2ccccn2)cc1. The van der Waals surface area contributed by atoms with Gasteiger partial charge in [0.25, 0.3) is 11.8 Å². The van der Waals surface area contributed by atoms with E-state index in [4.69, 9.17) is 0 Å². The Labute approximate surface area is 155 Å². The molecule has 130 valence electrons. The summed E-state index contributed by atoms with van der Waals surface area (Å²) in [4.78, 5) is 30.1. The summed E-state index contributed by atoms with van der Waals surface area (Å²) < 4.78 is 0. The predicted octanol–water partition coefficient (Wildman–Crippen LogP) is 3.86. The molecule has 26 heavy (non-hydrogen) atoms. The van der Waals surface area contributed by atoms with Crippen molar-refractivity contribution in [2.45, 2.75) is 6.92 Å². The van der Waals surface area contributed by atoms with Crippen molar-refractivity contribution in [3.63, 3.8) is 0 Å². The van der Waals surface area contributed by atoms with E-state index in [1.165, 1.54) is 11.3 Å². The Bertz CT molecular complexity index is 917. The number of carbonyl (C=O) groups is 2. The minimum atomic E-state index is -0.433. The third kappa shape index (κ3) is 4.64. The summed E-state index contributed by atoms with van der Waals surface area (Å²) >= 11 is 1.48. The van der Waals surface area contributed by atoms with Crippen molar-refractivity contribution in [2.75, 3.05) is 5.32 Å². The van der Waals surface area contributed by atoms with Gasteiger partial charge in [0.2, 0.25) is 0 Å². The number of carbonyl (C=O) groups excluding carboxylic acids is 2. The van der Waals surface area contributed by atoms with Gasteiger partial charge in [-0.25, -0.2) is 4.98 Å². The van der Waals surface area contributed by atoms with Gasteiger partial charge >= 0.3 is 0 Å². The summed E-state index contributed by atoms with van der Waals surface area (Å²) in [6.45, 7) is 1.95. The van der Waals surface area contributed by atoms with Crippen LogP contribution in [0.5, 0.6) is 0 Å². The molecule has 3 rings (SSSR count). The summed E-state index contributed by atoms with van der Waals surface area (Å²) in [7, 11) is 0. The number of benzene rings is 1. The minimum absolute atomic E-state index is 0.156. The number of rotatable bonds is 5. The molecule has 0 spiro atoms. The fourth-order valence-electron chi connectivity index (χ4n) is 2.19. The van der Waals surface area contributed by atoms with Crippen molar-refractivity contribution in [3.8, 4) is 0 Å². The number of aryl methyl sites for hydroxylation is 1. The van der Waals surface area contributed by atoms with Gasteiger partial charge in [0, 0.05) is 16.6 Å². The number of aromatic nitrogens is 1. The molecule has 0 aliphatic rings. The summed E-state index contributed by atoms with van der Waals surface area (Å²) in [6.07, 6.45) is 3.23. The highest BCUT2D eigenvalue weighted by molar-refractivity contribution is 7.10. The van der Waals surface area contributed by atoms with Crippen LogP contribution in [-0.2, 0) is 4.79 Å². The molecule has 3 aromatic rings. The van der Waals surface area contributed by atoms with Gasteiger partial charge in [-0.3, -0.25) is 9.59 Å². The van der Waals surface area contributed by atoms with Crippen molar-refractivity contribution in [3.05, 3.63) is 87.9 Å². The van der Waals surface area contributed by atoms with Gasteiger partial charge in [0.15, 0.2) is 0 Å². The molecule has 2 heterocycles. The van der Waals surface area contributed by atoms with E-state index in [1.54, 1.807) is 42.6 Å². The van der Waals surface area contributed by atoms with E-state index in [1.807, 2.05) is 36.6 Å². The third-order valence-electron chi connectivity index (χ3n) is 3.54. The van der Waals surface area contributed by atoms with Gasteiger partial charge in [-0.15, -0.1) is 11.3 Å². The summed E-state index contributed by atoms with van der Waals surface area (Å²) in [5, 5.41) is 7.30. The van der Waals surface area contributed by atoms with Gasteiger partial charge in [-0.1, -0.05) is 29.8 Å². The average Bonchev–Trinajstić information content (AvgIpc) is 3.15. The normalized spacial score (nSPS) is 11.0. The molecule has 0 aliphatic carbocycles. The monoisotopic (exact) mass is 363 g/mol. The molecule has 0 aliphatic heterocycles. The first-order valence-electron chi connectivity index (χ1n) is 7.97. The van der Waals surface area contributed by atoms with Crippen molar-refractivity contribution in [1.29, 1.82) is 0 Å². The Balaban J connectivity index is 1.82. The lowest BCUT2D eigenvalue weighted by atomic mass is 10.1. The van der Waals surface area contributed by atoms with E-state index < -0.39 is 5.91 Å². The highest BCUT2D eigenvalue weighted by Gasteiger charge is 2.15. The molecular weight excluding hydrogens is 346 g/mol. The first-order chi connectivity index (χ1) is 12.6. The Kier molecular flexibility index (Phi) is 5.56. The second kappa shape index (κ2) is 8.22. The van der Waals surface area contributed by atoms with Crippen LogP contribution in [0.15, 0.2) is 71.9 Å². The van der Waals surface area contributed by atoms with Crippen molar-refractivity contribution < 1.29 is 9.59 Å². The van der Waals surface area contributed by atoms with Gasteiger partial charge in [0.1, 0.15) is 11.5 Å². The van der Waals surface area contributed by atoms with Gasteiger partial charge < -0.3 is 10.6 Å². The fraction of sp³-hybridized carbons (Fsp3) is 0.0500. The second-order valence-electron chi connectivity index (χ2n) is 5.56. The van der Waals surface area contributed by atoms with Crippen LogP contribution in [0, 0.1) is 6.92 Å². The third-order valence-corrected chi connectivity index (χ3v) is 4.36. The molecule has 0 radical (unpaired) electrons. The highest BCUT2D eigenvalue weighted by Crippen LogP contribution is 2.14. The van der Waals surface area contributed by atoms with Crippen LogP contribution in [0.1, 0.15) is 20.8 Å². The number of nitrogens with one attached hydrogen (secondary N) is 2. The lowest BCUT2D eigenvalue weighted by molar-refractivity contribution is -0.113. The number of hydrogen-bond acceptors (Lipinski definition) is 4. The number of anilines is 1. The average molecular weight is 363 g/mol. The topological polar surface area (TPSA) is 71.1 Å². The molecular formula is C20H17N3O2S. The molecule has 0 unspecified atom stereocenters. The van der Waals surface area contributed by atoms with Crippen molar-refractivity contribution in [1.82, 2.24) is 10.3 Å². The molecule has 0 bridgehead atoms. The van der Waals surface area contributed by atoms with Crippen molar-refractivity contribution >= 4 is 35.0 Å². The first-order valence-corrected chi connectivity index (χ1v) is 8.85. The van der Waals surface area contributed by atoms with Gasteiger partial charge in [-0.05, 0) is 48.7 Å². The number of amides is 2. The van der Waals surface area contributed by atoms with Crippen LogP contribution in [0.2, 0.25) is 0 Å². The first kappa shape index (κ1) is 17.6. The van der Waals surface area contributed by atoms with E-state index in [0.29, 0.717) is 11.4 Å². The zero-order valence-corrected chi connectivity index (χ0v) is 14.9. The maximum absolute atomic E-state index is 12.6. The van der Waals surface area contributed by atoms with Gasteiger partial charge in [-0.2, -0.15) is 0 Å². The summed E-state index contributed by atoms with van der Waals surface area (Å²) in [5.74, 6) is -0.360. The molecule has 1 aromatic carbocycles. The van der Waals surface area contributed by atoms with E-state index in [9.17, 15) is 9.59 Å². The molecule has 0 saturated carbocycles. The number of hydrogen-bond donors (Lipinski definition) is 2. The standard InChI is InChI=1S/C20H17N3O2S/c1-14-7-9-15(10-8-14)19(24)22-17(13-16-5-4-12-26-16)20(25)23-18-6-2-3-11-21-18/h2-13H,1H3,(H,22,24)(H,21,23,25)/b17-13+. The van der Waals surface area contributed by atoms with E-state index in [0.717, 1.165) is 10.4 Å². The Morgan fingerprint density at radius 3 is 2.50 bits per heavy atom. The Morgan fingerprint density at radius 1 is 1.04 bits per heavy atom. The molecule has 6 heteroatoms. The van der Waals surface area contributed by atoms with Crippen LogP contribution in [0.4, 0.5) is 5.82 Å². The van der Waals surface area contributed by atoms with Crippen molar-refractivity contribution in [2.24, 2.45) is 0 Å². The van der Waals surface area contributed by atoms with E-state index in [-0.39, 0.29) is 11.6 Å². The zero-order chi connectivity index (χ0) is 18.4. The molecule has 2 N–H and O–H groups in total. The smallest absolute Gasteiger partial charge is 0.273 e. The van der Waals surface area contributed by atoms with E-state index in [2.05, 4.69) is 15.6 Å². The largest absolute Gasteiger partial charge is 0.317 e. The van der Waals surface area contributed by atoms with Crippen LogP contribution < -0.4 is 10.6 Å². The van der Waals surface area contributed by atoms with Crippen LogP contribution >= 0.6 is 11.3 Å². The number of nitrogens with zero attached hydrogens (tertiary/aromatic N) is 1. The van der Waals surface area contributed by atoms with Crippen LogP contribution in [0.25, 0.3) is 6.08 Å². The maximum atomic E-state index is 12.6.